The van der Waals surface area contributed by atoms with E-state index < -0.39 is 0 Å². The number of hydrogen-bond acceptors (Lipinski definition) is 2. The van der Waals surface area contributed by atoms with Crippen molar-refractivity contribution in [2.75, 3.05) is 13.6 Å². The van der Waals surface area contributed by atoms with E-state index in [9.17, 15) is 0 Å². The summed E-state index contributed by atoms with van der Waals surface area (Å²) in [5, 5.41) is 0. The van der Waals surface area contributed by atoms with E-state index in [1.807, 2.05) is 13.4 Å². The van der Waals surface area contributed by atoms with Crippen molar-refractivity contribution >= 4 is 6.34 Å². The van der Waals surface area contributed by atoms with Crippen molar-refractivity contribution in [1.29, 1.82) is 0 Å². The first-order chi connectivity index (χ1) is 4.75. The smallest absolute Gasteiger partial charge is 0.0893 e. The molecular formula is C8H14N2. The highest BCUT2D eigenvalue weighted by atomic mass is 15.1. The Morgan fingerprint density at radius 2 is 2.40 bits per heavy atom. The summed E-state index contributed by atoms with van der Waals surface area (Å²) in [5.41, 5.74) is 2.81. The van der Waals surface area contributed by atoms with Crippen LogP contribution in [0.5, 0.6) is 0 Å². The fourth-order valence-electron chi connectivity index (χ4n) is 1.31. The molecule has 0 saturated heterocycles. The van der Waals surface area contributed by atoms with Crippen molar-refractivity contribution in [2.24, 2.45) is 4.99 Å². The average Bonchev–Trinajstić information content (AvgIpc) is 1.88. The van der Waals surface area contributed by atoms with Crippen LogP contribution in [0.4, 0.5) is 0 Å². The quantitative estimate of drug-likeness (QED) is 0.538. The fraction of sp³-hybridized carbons (Fsp3) is 0.625. The Morgan fingerprint density at radius 1 is 1.70 bits per heavy atom. The minimum atomic E-state index is 0.882. The van der Waals surface area contributed by atoms with Crippen LogP contribution in [0.1, 0.15) is 20.3 Å². The van der Waals surface area contributed by atoms with Crippen LogP contribution >= 0.6 is 0 Å². The highest BCUT2D eigenvalue weighted by Gasteiger charge is 2.07. The highest BCUT2D eigenvalue weighted by Crippen LogP contribution is 2.14. The molecule has 10 heavy (non-hydrogen) atoms. The lowest BCUT2D eigenvalue weighted by Crippen LogP contribution is -2.20. The lowest BCUT2D eigenvalue weighted by Gasteiger charge is -2.22. The van der Waals surface area contributed by atoms with Crippen molar-refractivity contribution in [1.82, 2.24) is 4.90 Å². The molecule has 1 heterocycles. The predicted octanol–water partition coefficient (Wildman–Crippen LogP) is 1.64. The first-order valence-corrected chi connectivity index (χ1v) is 3.67. The normalized spacial score (nSPS) is 18.5. The Hall–Kier alpha value is -0.790. The van der Waals surface area contributed by atoms with Gasteiger partial charge in [0.05, 0.1) is 12.9 Å². The van der Waals surface area contributed by atoms with Crippen LogP contribution in [-0.2, 0) is 0 Å². The molecule has 56 valence electrons. The van der Waals surface area contributed by atoms with Gasteiger partial charge in [0.2, 0.25) is 0 Å². The summed E-state index contributed by atoms with van der Waals surface area (Å²) in [7, 11) is 2.05. The molecular weight excluding hydrogens is 124 g/mol. The van der Waals surface area contributed by atoms with Crippen LogP contribution in [0, 0.1) is 0 Å². The van der Waals surface area contributed by atoms with Gasteiger partial charge in [-0.05, 0) is 18.9 Å². The zero-order valence-electron chi connectivity index (χ0n) is 6.89. The summed E-state index contributed by atoms with van der Waals surface area (Å²) in [6.07, 6.45) is 3.00. The molecule has 0 aliphatic carbocycles. The number of hydrogen-bond donors (Lipinski definition) is 0. The molecule has 0 fully saturated rings. The molecule has 0 unspecified atom stereocenters. The van der Waals surface area contributed by atoms with Crippen molar-refractivity contribution < 1.29 is 0 Å². The summed E-state index contributed by atoms with van der Waals surface area (Å²) in [5.74, 6) is 0. The largest absolute Gasteiger partial charge is 0.340 e. The Morgan fingerprint density at radius 3 is 2.80 bits per heavy atom. The highest BCUT2D eigenvalue weighted by molar-refractivity contribution is 5.60. The maximum atomic E-state index is 4.18. The molecule has 0 aromatic carbocycles. The van der Waals surface area contributed by atoms with Crippen molar-refractivity contribution in [2.45, 2.75) is 20.3 Å². The van der Waals surface area contributed by atoms with E-state index in [1.54, 1.807) is 0 Å². The predicted molar refractivity (Wildman–Crippen MR) is 44.1 cm³/mol. The lowest BCUT2D eigenvalue weighted by atomic mass is 10.1. The molecule has 0 spiro atoms. The summed E-state index contributed by atoms with van der Waals surface area (Å²) in [6.45, 7) is 5.20. The van der Waals surface area contributed by atoms with Crippen LogP contribution in [0.2, 0.25) is 0 Å². The standard InChI is InChI=1S/C8H14N2/c1-4-8-7(2)5-9-6-10(8)3/h6H,4-5H2,1-3H3. The first kappa shape index (κ1) is 7.32. The lowest BCUT2D eigenvalue weighted by molar-refractivity contribution is 0.587. The molecule has 0 radical (unpaired) electrons. The van der Waals surface area contributed by atoms with Gasteiger partial charge in [0, 0.05) is 12.7 Å². The molecule has 0 amide bonds. The van der Waals surface area contributed by atoms with Crippen molar-refractivity contribution in [3.05, 3.63) is 11.3 Å². The molecule has 0 atom stereocenters. The van der Waals surface area contributed by atoms with Gasteiger partial charge in [-0.25, -0.2) is 0 Å². The second kappa shape index (κ2) is 2.86. The van der Waals surface area contributed by atoms with Gasteiger partial charge < -0.3 is 4.90 Å². The number of allylic oxidation sites excluding steroid dienone is 1. The SMILES string of the molecule is CCC1=C(C)CN=CN1C. The Balaban J connectivity index is 2.78. The number of aliphatic imine (C=N–C) groups is 1. The van der Waals surface area contributed by atoms with E-state index in [0.29, 0.717) is 0 Å². The summed E-state index contributed by atoms with van der Waals surface area (Å²) < 4.78 is 0. The number of nitrogens with zero attached hydrogens (tertiary/aromatic N) is 2. The van der Waals surface area contributed by atoms with Crippen molar-refractivity contribution in [3.8, 4) is 0 Å². The molecule has 1 aliphatic heterocycles. The Bertz CT molecular complexity index is 180. The molecule has 0 saturated carbocycles. The topological polar surface area (TPSA) is 15.6 Å². The van der Waals surface area contributed by atoms with Gasteiger partial charge in [0.15, 0.2) is 0 Å². The molecule has 1 rings (SSSR count). The van der Waals surface area contributed by atoms with Gasteiger partial charge in [-0.3, -0.25) is 4.99 Å². The van der Waals surface area contributed by atoms with Gasteiger partial charge in [-0.2, -0.15) is 0 Å². The van der Waals surface area contributed by atoms with E-state index in [-0.39, 0.29) is 0 Å². The molecule has 1 aliphatic rings. The second-order valence-electron chi connectivity index (χ2n) is 2.65. The molecule has 0 N–H and O–H groups in total. The van der Waals surface area contributed by atoms with Crippen LogP contribution in [0.25, 0.3) is 0 Å². The van der Waals surface area contributed by atoms with Crippen molar-refractivity contribution in [3.63, 3.8) is 0 Å². The van der Waals surface area contributed by atoms with E-state index in [0.717, 1.165) is 13.0 Å². The Kier molecular flexibility index (Phi) is 2.10. The minimum Gasteiger partial charge on any atom is -0.340 e. The summed E-state index contributed by atoms with van der Waals surface area (Å²) >= 11 is 0. The summed E-state index contributed by atoms with van der Waals surface area (Å²) in [4.78, 5) is 6.28. The minimum absolute atomic E-state index is 0.882. The van der Waals surface area contributed by atoms with Gasteiger partial charge in [-0.15, -0.1) is 0 Å². The van der Waals surface area contributed by atoms with Gasteiger partial charge in [-0.1, -0.05) is 6.92 Å². The molecule has 2 heteroatoms. The third-order valence-corrected chi connectivity index (χ3v) is 1.84. The van der Waals surface area contributed by atoms with Crippen LogP contribution < -0.4 is 0 Å². The monoisotopic (exact) mass is 138 g/mol. The zero-order valence-corrected chi connectivity index (χ0v) is 6.89. The third kappa shape index (κ3) is 1.20. The molecule has 2 nitrogen and oxygen atoms in total. The van der Waals surface area contributed by atoms with Crippen LogP contribution in [0.15, 0.2) is 16.3 Å². The Labute approximate surface area is 62.3 Å². The molecule has 0 bridgehead atoms. The van der Waals surface area contributed by atoms with E-state index in [2.05, 4.69) is 23.7 Å². The fourth-order valence-corrected chi connectivity index (χ4v) is 1.31. The van der Waals surface area contributed by atoms with E-state index in [1.165, 1.54) is 11.3 Å². The van der Waals surface area contributed by atoms with E-state index >= 15 is 0 Å². The van der Waals surface area contributed by atoms with Gasteiger partial charge in [0.1, 0.15) is 0 Å². The van der Waals surface area contributed by atoms with Crippen LogP contribution in [-0.4, -0.2) is 24.8 Å². The van der Waals surface area contributed by atoms with E-state index in [4.69, 9.17) is 0 Å². The first-order valence-electron chi connectivity index (χ1n) is 3.67. The van der Waals surface area contributed by atoms with Gasteiger partial charge >= 0.3 is 0 Å². The van der Waals surface area contributed by atoms with Crippen LogP contribution in [0.3, 0.4) is 0 Å². The maximum Gasteiger partial charge on any atom is 0.0893 e. The zero-order chi connectivity index (χ0) is 7.56. The number of rotatable bonds is 1. The molecule has 0 aromatic heterocycles. The maximum absolute atomic E-state index is 4.18. The third-order valence-electron chi connectivity index (χ3n) is 1.84. The summed E-state index contributed by atoms with van der Waals surface area (Å²) in [6, 6.07) is 0. The van der Waals surface area contributed by atoms with Gasteiger partial charge in [0.25, 0.3) is 0 Å². The molecule has 0 aromatic rings. The second-order valence-corrected chi connectivity index (χ2v) is 2.65. The average molecular weight is 138 g/mol.